The maximum Gasteiger partial charge on any atom is 0.123 e. The number of anilines is 1. The first-order valence-electron chi connectivity index (χ1n) is 8.37. The van der Waals surface area contributed by atoms with Crippen molar-refractivity contribution in [1.29, 1.82) is 0 Å². The van der Waals surface area contributed by atoms with E-state index in [4.69, 9.17) is 0 Å². The van der Waals surface area contributed by atoms with Gasteiger partial charge in [0, 0.05) is 48.5 Å². The van der Waals surface area contributed by atoms with Crippen LogP contribution in [0.5, 0.6) is 0 Å². The number of fused-ring (bicyclic) bond motifs is 1. The fraction of sp³-hybridized carbons (Fsp3) is 0.500. The van der Waals surface area contributed by atoms with Crippen LogP contribution in [-0.4, -0.2) is 42.1 Å². The summed E-state index contributed by atoms with van der Waals surface area (Å²) in [6.45, 7) is 7.15. The molecule has 0 radical (unpaired) electrons. The van der Waals surface area contributed by atoms with Gasteiger partial charge in [-0.2, -0.15) is 0 Å². The molecule has 22 heavy (non-hydrogen) atoms. The molecule has 1 saturated heterocycles. The van der Waals surface area contributed by atoms with Crippen molar-refractivity contribution in [3.63, 3.8) is 0 Å². The first-order chi connectivity index (χ1) is 10.8. The Bertz CT molecular complexity index is 630. The van der Waals surface area contributed by atoms with Crippen LogP contribution in [0.4, 0.5) is 5.69 Å². The molecule has 116 valence electrons. The summed E-state index contributed by atoms with van der Waals surface area (Å²) in [7, 11) is 0. The van der Waals surface area contributed by atoms with Gasteiger partial charge in [0.05, 0.1) is 0 Å². The number of piperidine rings is 1. The SMILES string of the molecule is CCN1CCC(N2CCc3ccc(-c4nccs4)cc32)CC1. The third-order valence-corrected chi connectivity index (χ3v) is 5.96. The van der Waals surface area contributed by atoms with Gasteiger partial charge >= 0.3 is 0 Å². The van der Waals surface area contributed by atoms with Crippen molar-refractivity contribution in [1.82, 2.24) is 9.88 Å². The molecule has 0 atom stereocenters. The molecule has 0 spiro atoms. The Morgan fingerprint density at radius 3 is 2.82 bits per heavy atom. The molecular formula is C18H23N3S. The second-order valence-electron chi connectivity index (χ2n) is 6.29. The number of hydrogen-bond acceptors (Lipinski definition) is 4. The lowest BCUT2D eigenvalue weighted by Crippen LogP contribution is -2.44. The zero-order valence-corrected chi connectivity index (χ0v) is 14.0. The van der Waals surface area contributed by atoms with E-state index in [0.717, 1.165) is 11.0 Å². The van der Waals surface area contributed by atoms with E-state index in [9.17, 15) is 0 Å². The minimum Gasteiger partial charge on any atom is -0.368 e. The van der Waals surface area contributed by atoms with Crippen LogP contribution in [0.1, 0.15) is 25.3 Å². The van der Waals surface area contributed by atoms with Gasteiger partial charge < -0.3 is 9.80 Å². The Hall–Kier alpha value is -1.39. The Kier molecular flexibility index (Phi) is 3.89. The Morgan fingerprint density at radius 1 is 1.23 bits per heavy atom. The molecule has 1 aromatic heterocycles. The molecule has 0 unspecified atom stereocenters. The average Bonchev–Trinajstić information content (AvgIpc) is 3.24. The van der Waals surface area contributed by atoms with Crippen molar-refractivity contribution in [3.05, 3.63) is 35.3 Å². The van der Waals surface area contributed by atoms with Crippen LogP contribution >= 0.6 is 11.3 Å². The minimum atomic E-state index is 0.718. The quantitative estimate of drug-likeness (QED) is 0.862. The number of thiazole rings is 1. The van der Waals surface area contributed by atoms with Gasteiger partial charge in [-0.05, 0) is 37.4 Å². The Balaban J connectivity index is 1.57. The molecule has 0 bridgehead atoms. The topological polar surface area (TPSA) is 19.4 Å². The summed E-state index contributed by atoms with van der Waals surface area (Å²) in [5.41, 5.74) is 4.24. The molecule has 0 amide bonds. The highest BCUT2D eigenvalue weighted by atomic mass is 32.1. The second-order valence-corrected chi connectivity index (χ2v) is 7.18. The van der Waals surface area contributed by atoms with Crippen LogP contribution in [0.2, 0.25) is 0 Å². The maximum atomic E-state index is 4.46. The van der Waals surface area contributed by atoms with E-state index in [2.05, 4.69) is 45.3 Å². The van der Waals surface area contributed by atoms with Crippen LogP contribution in [0.25, 0.3) is 10.6 Å². The first kappa shape index (κ1) is 14.2. The van der Waals surface area contributed by atoms with E-state index in [-0.39, 0.29) is 0 Å². The van der Waals surface area contributed by atoms with Crippen LogP contribution in [-0.2, 0) is 6.42 Å². The highest BCUT2D eigenvalue weighted by molar-refractivity contribution is 7.13. The van der Waals surface area contributed by atoms with E-state index in [0.29, 0.717) is 0 Å². The first-order valence-corrected chi connectivity index (χ1v) is 9.25. The predicted molar refractivity (Wildman–Crippen MR) is 93.7 cm³/mol. The average molecular weight is 313 g/mol. The maximum absolute atomic E-state index is 4.46. The molecule has 4 heteroatoms. The number of aromatic nitrogens is 1. The predicted octanol–water partition coefficient (Wildman–Crippen LogP) is 3.66. The van der Waals surface area contributed by atoms with Crippen molar-refractivity contribution < 1.29 is 0 Å². The Labute approximate surface area is 136 Å². The molecule has 3 nitrogen and oxygen atoms in total. The third kappa shape index (κ3) is 2.55. The van der Waals surface area contributed by atoms with E-state index >= 15 is 0 Å². The number of rotatable bonds is 3. The van der Waals surface area contributed by atoms with Gasteiger partial charge in [-0.1, -0.05) is 19.1 Å². The monoisotopic (exact) mass is 313 g/mol. The lowest BCUT2D eigenvalue weighted by molar-refractivity contribution is 0.219. The molecule has 2 aliphatic rings. The second kappa shape index (κ2) is 6.01. The molecule has 0 saturated carbocycles. The van der Waals surface area contributed by atoms with Crippen molar-refractivity contribution in [2.45, 2.75) is 32.2 Å². The lowest BCUT2D eigenvalue weighted by Gasteiger charge is -2.37. The normalized spacial score (nSPS) is 19.6. The van der Waals surface area contributed by atoms with Gasteiger partial charge in [0.15, 0.2) is 0 Å². The summed E-state index contributed by atoms with van der Waals surface area (Å²) < 4.78 is 0. The molecule has 1 fully saturated rings. The molecule has 3 heterocycles. The van der Waals surface area contributed by atoms with E-state index in [1.807, 2.05) is 6.20 Å². The lowest BCUT2D eigenvalue weighted by atomic mass is 10.0. The number of benzene rings is 1. The molecule has 0 N–H and O–H groups in total. The van der Waals surface area contributed by atoms with Gasteiger partial charge in [-0.25, -0.2) is 4.98 Å². The molecule has 4 rings (SSSR count). The highest BCUT2D eigenvalue weighted by Gasteiger charge is 2.29. The molecule has 1 aromatic carbocycles. The minimum absolute atomic E-state index is 0.718. The fourth-order valence-electron chi connectivity index (χ4n) is 3.83. The van der Waals surface area contributed by atoms with E-state index in [1.165, 1.54) is 62.3 Å². The Morgan fingerprint density at radius 2 is 2.09 bits per heavy atom. The van der Waals surface area contributed by atoms with Crippen molar-refractivity contribution in [2.75, 3.05) is 31.1 Å². The van der Waals surface area contributed by atoms with E-state index in [1.54, 1.807) is 11.3 Å². The van der Waals surface area contributed by atoms with Crippen LogP contribution in [0, 0.1) is 0 Å². The number of nitrogens with zero attached hydrogens (tertiary/aromatic N) is 3. The summed E-state index contributed by atoms with van der Waals surface area (Å²) in [6, 6.07) is 7.64. The van der Waals surface area contributed by atoms with Crippen LogP contribution in [0.15, 0.2) is 29.8 Å². The molecule has 2 aromatic rings. The summed E-state index contributed by atoms with van der Waals surface area (Å²) in [5.74, 6) is 0. The summed E-state index contributed by atoms with van der Waals surface area (Å²) in [5, 5.41) is 3.19. The van der Waals surface area contributed by atoms with Crippen molar-refractivity contribution in [3.8, 4) is 10.6 Å². The van der Waals surface area contributed by atoms with Gasteiger partial charge in [-0.15, -0.1) is 11.3 Å². The highest BCUT2D eigenvalue weighted by Crippen LogP contribution is 2.36. The van der Waals surface area contributed by atoms with Gasteiger partial charge in [0.25, 0.3) is 0 Å². The molecule has 0 aliphatic carbocycles. The van der Waals surface area contributed by atoms with Crippen molar-refractivity contribution >= 4 is 17.0 Å². The van der Waals surface area contributed by atoms with Crippen LogP contribution < -0.4 is 4.90 Å². The smallest absolute Gasteiger partial charge is 0.123 e. The van der Waals surface area contributed by atoms with Gasteiger partial charge in [0.2, 0.25) is 0 Å². The zero-order chi connectivity index (χ0) is 14.9. The molecule has 2 aliphatic heterocycles. The fourth-order valence-corrected chi connectivity index (χ4v) is 4.46. The summed E-state index contributed by atoms with van der Waals surface area (Å²) in [6.07, 6.45) is 5.69. The van der Waals surface area contributed by atoms with Crippen LogP contribution in [0.3, 0.4) is 0 Å². The van der Waals surface area contributed by atoms with Gasteiger partial charge in [0.1, 0.15) is 5.01 Å². The van der Waals surface area contributed by atoms with E-state index < -0.39 is 0 Å². The summed E-state index contributed by atoms with van der Waals surface area (Å²) >= 11 is 1.73. The number of likely N-dealkylation sites (tertiary alicyclic amines) is 1. The summed E-state index contributed by atoms with van der Waals surface area (Å²) in [4.78, 5) is 9.70. The zero-order valence-electron chi connectivity index (χ0n) is 13.2. The largest absolute Gasteiger partial charge is 0.368 e. The van der Waals surface area contributed by atoms with Gasteiger partial charge in [-0.3, -0.25) is 0 Å². The number of hydrogen-bond donors (Lipinski definition) is 0. The van der Waals surface area contributed by atoms with Crippen molar-refractivity contribution in [2.24, 2.45) is 0 Å². The third-order valence-electron chi connectivity index (χ3n) is 5.14. The molecular weight excluding hydrogens is 290 g/mol. The standard InChI is InChI=1S/C18H23N3S/c1-2-20-9-6-16(7-10-20)21-11-5-14-3-4-15(13-17(14)21)18-19-8-12-22-18/h3-4,8,12-13,16H,2,5-7,9-11H2,1H3.